The van der Waals surface area contributed by atoms with Crippen molar-refractivity contribution in [2.24, 2.45) is 4.99 Å². The van der Waals surface area contributed by atoms with Crippen molar-refractivity contribution in [2.45, 2.75) is 39.3 Å². The van der Waals surface area contributed by atoms with Gasteiger partial charge < -0.3 is 29.9 Å². The average molecular weight is 559 g/mol. The van der Waals surface area contributed by atoms with Gasteiger partial charge in [-0.3, -0.25) is 4.79 Å². The minimum absolute atomic E-state index is 0. The summed E-state index contributed by atoms with van der Waals surface area (Å²) >= 11 is 0. The smallest absolute Gasteiger partial charge is 0.409 e. The number of piperazine rings is 1. The molecular formula is C22H34IN5O4. The molecule has 2 fully saturated rings. The Morgan fingerprint density at radius 2 is 1.94 bits per heavy atom. The Balaban J connectivity index is 0.00000363. The van der Waals surface area contributed by atoms with Crippen LogP contribution in [0.3, 0.4) is 0 Å². The summed E-state index contributed by atoms with van der Waals surface area (Å²) in [6.45, 7) is 8.73. The first-order valence-electron chi connectivity index (χ1n) is 11.1. The number of anilines is 1. The van der Waals surface area contributed by atoms with Gasteiger partial charge in [-0.2, -0.15) is 0 Å². The maximum absolute atomic E-state index is 12.3. The van der Waals surface area contributed by atoms with Crippen molar-refractivity contribution in [2.75, 3.05) is 51.3 Å². The predicted molar refractivity (Wildman–Crippen MR) is 134 cm³/mol. The Labute approximate surface area is 206 Å². The lowest BCUT2D eigenvalue weighted by atomic mass is 10.2. The second-order valence-electron chi connectivity index (χ2n) is 7.53. The fourth-order valence-electron chi connectivity index (χ4n) is 3.66. The first kappa shape index (κ1) is 26.2. The average Bonchev–Trinajstić information content (AvgIpc) is 3.32. The van der Waals surface area contributed by atoms with Crippen molar-refractivity contribution in [3.8, 4) is 0 Å². The summed E-state index contributed by atoms with van der Waals surface area (Å²) in [4.78, 5) is 32.8. The van der Waals surface area contributed by atoms with Gasteiger partial charge >= 0.3 is 6.09 Å². The molecule has 1 atom stereocenters. The summed E-state index contributed by atoms with van der Waals surface area (Å²) in [5, 5.41) is 6.27. The molecule has 2 saturated heterocycles. The molecule has 32 heavy (non-hydrogen) atoms. The lowest BCUT2D eigenvalue weighted by Crippen LogP contribution is -2.53. The first-order chi connectivity index (χ1) is 15.1. The molecule has 0 saturated carbocycles. The number of guanidine groups is 1. The Morgan fingerprint density at radius 3 is 2.59 bits per heavy atom. The summed E-state index contributed by atoms with van der Waals surface area (Å²) in [5.74, 6) is 0.728. The summed E-state index contributed by atoms with van der Waals surface area (Å²) in [6.07, 6.45) is 1.08. The molecule has 0 aromatic heterocycles. The third kappa shape index (κ3) is 7.51. The second kappa shape index (κ2) is 13.5. The standard InChI is InChI=1S/C22H33N5O4.HI/c1-3-23-21(26-10-12-27(13-11-26)22(29)30-4-2)24-16-17-7-5-8-18(15-17)25-20(28)19-9-6-14-31-19;/h5,7-8,15,19H,3-4,6,9-14,16H2,1-2H3,(H,23,24)(H,25,28);1H. The largest absolute Gasteiger partial charge is 0.450 e. The van der Waals surface area contributed by atoms with Crippen molar-refractivity contribution < 1.29 is 19.1 Å². The number of hydrogen-bond donors (Lipinski definition) is 2. The van der Waals surface area contributed by atoms with Crippen molar-refractivity contribution in [3.63, 3.8) is 0 Å². The highest BCUT2D eigenvalue weighted by atomic mass is 127. The van der Waals surface area contributed by atoms with E-state index in [-0.39, 0.29) is 42.1 Å². The lowest BCUT2D eigenvalue weighted by Gasteiger charge is -2.35. The van der Waals surface area contributed by atoms with Gasteiger partial charge in [0.25, 0.3) is 5.91 Å². The van der Waals surface area contributed by atoms with Crippen molar-refractivity contribution >= 4 is 47.6 Å². The van der Waals surface area contributed by atoms with E-state index in [9.17, 15) is 9.59 Å². The first-order valence-corrected chi connectivity index (χ1v) is 11.1. The van der Waals surface area contributed by atoms with E-state index < -0.39 is 0 Å². The summed E-state index contributed by atoms with van der Waals surface area (Å²) < 4.78 is 10.5. The quantitative estimate of drug-likeness (QED) is 0.316. The van der Waals surface area contributed by atoms with Crippen LogP contribution >= 0.6 is 24.0 Å². The fourth-order valence-corrected chi connectivity index (χ4v) is 3.66. The van der Waals surface area contributed by atoms with Crippen LogP contribution < -0.4 is 10.6 Å². The van der Waals surface area contributed by atoms with Crippen LogP contribution in [0.5, 0.6) is 0 Å². The molecule has 9 nitrogen and oxygen atoms in total. The number of carbonyl (C=O) groups is 2. The van der Waals surface area contributed by atoms with Gasteiger partial charge in [0.05, 0.1) is 13.2 Å². The van der Waals surface area contributed by atoms with Crippen LogP contribution in [0.25, 0.3) is 0 Å². The minimum Gasteiger partial charge on any atom is -0.450 e. The zero-order valence-corrected chi connectivity index (χ0v) is 21.2. The van der Waals surface area contributed by atoms with E-state index in [1.807, 2.05) is 38.1 Å². The number of halogens is 1. The number of rotatable bonds is 6. The van der Waals surface area contributed by atoms with Gasteiger partial charge in [0.2, 0.25) is 0 Å². The molecule has 0 radical (unpaired) electrons. The number of aliphatic imine (C=N–C) groups is 1. The second-order valence-corrected chi connectivity index (χ2v) is 7.53. The highest BCUT2D eigenvalue weighted by Crippen LogP contribution is 2.17. The van der Waals surface area contributed by atoms with E-state index in [2.05, 4.69) is 15.5 Å². The molecule has 178 valence electrons. The summed E-state index contributed by atoms with van der Waals surface area (Å²) in [7, 11) is 0. The molecule has 0 aliphatic carbocycles. The molecule has 2 amide bonds. The molecule has 1 aromatic carbocycles. The van der Waals surface area contributed by atoms with Gasteiger partial charge in [0, 0.05) is 45.0 Å². The van der Waals surface area contributed by atoms with E-state index in [4.69, 9.17) is 14.5 Å². The van der Waals surface area contributed by atoms with Gasteiger partial charge in [-0.15, -0.1) is 24.0 Å². The van der Waals surface area contributed by atoms with Crippen LogP contribution in [-0.2, 0) is 20.8 Å². The van der Waals surface area contributed by atoms with Gasteiger partial charge in [0.1, 0.15) is 6.10 Å². The third-order valence-corrected chi connectivity index (χ3v) is 5.27. The molecule has 3 rings (SSSR count). The zero-order valence-electron chi connectivity index (χ0n) is 18.8. The van der Waals surface area contributed by atoms with E-state index in [1.54, 1.807) is 4.90 Å². The molecule has 0 spiro atoms. The van der Waals surface area contributed by atoms with Crippen LogP contribution in [0.2, 0.25) is 0 Å². The molecule has 2 heterocycles. The molecular weight excluding hydrogens is 525 g/mol. The van der Waals surface area contributed by atoms with Gasteiger partial charge in [-0.25, -0.2) is 9.79 Å². The number of nitrogens with one attached hydrogen (secondary N) is 2. The molecule has 0 bridgehead atoms. The van der Waals surface area contributed by atoms with Crippen LogP contribution in [0.4, 0.5) is 10.5 Å². The highest BCUT2D eigenvalue weighted by molar-refractivity contribution is 14.0. The summed E-state index contributed by atoms with van der Waals surface area (Å²) in [5.41, 5.74) is 1.76. The van der Waals surface area contributed by atoms with Gasteiger partial charge in [-0.05, 0) is 44.4 Å². The van der Waals surface area contributed by atoms with Gasteiger partial charge in [-0.1, -0.05) is 12.1 Å². The lowest BCUT2D eigenvalue weighted by molar-refractivity contribution is -0.124. The highest BCUT2D eigenvalue weighted by Gasteiger charge is 2.24. The van der Waals surface area contributed by atoms with Crippen LogP contribution in [-0.4, -0.2) is 79.8 Å². The normalized spacial score (nSPS) is 18.7. The third-order valence-electron chi connectivity index (χ3n) is 5.27. The monoisotopic (exact) mass is 559 g/mol. The number of amides is 2. The Hall–Kier alpha value is -2.08. The maximum atomic E-state index is 12.3. The van der Waals surface area contributed by atoms with E-state index in [1.165, 1.54) is 0 Å². The van der Waals surface area contributed by atoms with E-state index in [0.717, 1.165) is 36.6 Å². The van der Waals surface area contributed by atoms with Crippen molar-refractivity contribution in [1.29, 1.82) is 0 Å². The Kier molecular flexibility index (Phi) is 11.0. The number of benzene rings is 1. The number of hydrogen-bond acceptors (Lipinski definition) is 5. The Morgan fingerprint density at radius 1 is 1.19 bits per heavy atom. The molecule has 2 N–H and O–H groups in total. The van der Waals surface area contributed by atoms with Crippen LogP contribution in [0, 0.1) is 0 Å². The number of nitrogens with zero attached hydrogens (tertiary/aromatic N) is 3. The Bertz CT molecular complexity index is 777. The number of carbonyl (C=O) groups excluding carboxylic acids is 2. The maximum Gasteiger partial charge on any atom is 0.409 e. The molecule has 2 aliphatic heterocycles. The predicted octanol–water partition coefficient (Wildman–Crippen LogP) is 2.66. The molecule has 1 unspecified atom stereocenters. The van der Waals surface area contributed by atoms with E-state index in [0.29, 0.717) is 45.9 Å². The SMILES string of the molecule is CCNC(=NCc1cccc(NC(=O)C2CCCO2)c1)N1CCN(C(=O)OCC)CC1.I. The minimum atomic E-state index is -0.352. The zero-order chi connectivity index (χ0) is 22.1. The molecule has 1 aromatic rings. The van der Waals surface area contributed by atoms with Crippen LogP contribution in [0.15, 0.2) is 29.3 Å². The van der Waals surface area contributed by atoms with Crippen molar-refractivity contribution in [3.05, 3.63) is 29.8 Å². The topological polar surface area (TPSA) is 95.5 Å². The molecule has 10 heteroatoms. The van der Waals surface area contributed by atoms with Crippen LogP contribution in [0.1, 0.15) is 32.3 Å². The fraction of sp³-hybridized carbons (Fsp3) is 0.591. The molecule has 2 aliphatic rings. The summed E-state index contributed by atoms with van der Waals surface area (Å²) in [6, 6.07) is 7.73. The van der Waals surface area contributed by atoms with E-state index >= 15 is 0 Å². The number of ether oxygens (including phenoxy) is 2. The van der Waals surface area contributed by atoms with Crippen molar-refractivity contribution in [1.82, 2.24) is 15.1 Å². The van der Waals surface area contributed by atoms with Gasteiger partial charge in [0.15, 0.2) is 5.96 Å².